The summed E-state index contributed by atoms with van der Waals surface area (Å²) >= 11 is 0. The Labute approximate surface area is 229 Å². The Morgan fingerprint density at radius 1 is 0.872 bits per heavy atom. The van der Waals surface area contributed by atoms with Crippen LogP contribution in [0.4, 0.5) is 0 Å². The van der Waals surface area contributed by atoms with Crippen LogP contribution in [0.2, 0.25) is 0 Å². The van der Waals surface area contributed by atoms with Crippen molar-refractivity contribution in [3.8, 4) is 0 Å². The number of nitrogens with zero attached hydrogens (tertiary/aromatic N) is 1. The van der Waals surface area contributed by atoms with Crippen LogP contribution in [0.15, 0.2) is 35.3 Å². The van der Waals surface area contributed by atoms with Crippen LogP contribution in [0.3, 0.4) is 0 Å². The zero-order valence-corrected chi connectivity index (χ0v) is 22.8. The Bertz CT molecular complexity index is 953. The number of amides is 3. The van der Waals surface area contributed by atoms with Crippen molar-refractivity contribution in [2.45, 2.75) is 76.5 Å². The van der Waals surface area contributed by atoms with Crippen molar-refractivity contribution in [2.75, 3.05) is 13.1 Å². The molecule has 1 rings (SSSR count). The number of carbonyl (C=O) groups is 4. The number of nitrogens with one attached hydrogen (secondary N) is 3. The van der Waals surface area contributed by atoms with Gasteiger partial charge in [-0.1, -0.05) is 44.2 Å². The third kappa shape index (κ3) is 13.1. The molecule has 1 aromatic rings. The molecular formula is C26H44N8O5. The molecule has 0 aromatic heterocycles. The lowest BCUT2D eigenvalue weighted by atomic mass is 10.00. The molecule has 13 heteroatoms. The van der Waals surface area contributed by atoms with Gasteiger partial charge in [-0.3, -0.25) is 19.4 Å². The maximum atomic E-state index is 13.2. The molecule has 0 heterocycles. The van der Waals surface area contributed by atoms with Gasteiger partial charge in [0.2, 0.25) is 17.7 Å². The summed E-state index contributed by atoms with van der Waals surface area (Å²) in [6, 6.07) is 5.16. The molecule has 3 amide bonds. The maximum Gasteiger partial charge on any atom is 0.326 e. The summed E-state index contributed by atoms with van der Waals surface area (Å²) in [6.07, 6.45) is 2.07. The summed E-state index contributed by atoms with van der Waals surface area (Å²) in [5.74, 6) is -3.39. The first-order valence-corrected chi connectivity index (χ1v) is 13.1. The molecule has 0 saturated heterocycles. The van der Waals surface area contributed by atoms with Gasteiger partial charge in [-0.05, 0) is 56.6 Å². The highest BCUT2D eigenvalue weighted by atomic mass is 16.4. The van der Waals surface area contributed by atoms with E-state index in [1.807, 2.05) is 30.3 Å². The van der Waals surface area contributed by atoms with Gasteiger partial charge in [0.1, 0.15) is 18.1 Å². The highest BCUT2D eigenvalue weighted by Crippen LogP contribution is 2.09. The number of guanidine groups is 1. The van der Waals surface area contributed by atoms with Gasteiger partial charge < -0.3 is 44.0 Å². The van der Waals surface area contributed by atoms with Gasteiger partial charge in [0.15, 0.2) is 5.96 Å². The molecule has 0 spiro atoms. The molecule has 0 aliphatic rings. The Hall–Kier alpha value is -3.71. The molecule has 4 atom stereocenters. The number of hydrogen-bond donors (Lipinski definition) is 8. The summed E-state index contributed by atoms with van der Waals surface area (Å²) in [5.41, 5.74) is 23.1. The summed E-state index contributed by atoms with van der Waals surface area (Å²) in [6.45, 7) is 4.11. The van der Waals surface area contributed by atoms with E-state index >= 15 is 0 Å². The first kappa shape index (κ1) is 33.3. The van der Waals surface area contributed by atoms with Gasteiger partial charge >= 0.3 is 5.97 Å². The van der Waals surface area contributed by atoms with Gasteiger partial charge in [-0.15, -0.1) is 0 Å². The molecule has 0 bridgehead atoms. The lowest BCUT2D eigenvalue weighted by molar-refractivity contribution is -0.142. The molecule has 0 saturated carbocycles. The van der Waals surface area contributed by atoms with Crippen LogP contribution in [-0.4, -0.2) is 72.0 Å². The van der Waals surface area contributed by atoms with Crippen LogP contribution in [0.1, 0.15) is 51.5 Å². The number of carboxylic acid groups (broad SMARTS) is 1. The molecule has 39 heavy (non-hydrogen) atoms. The quantitative estimate of drug-likeness (QED) is 0.0632. The fraction of sp³-hybridized carbons (Fsp3) is 0.577. The molecule has 218 valence electrons. The number of rotatable bonds is 18. The molecule has 1 aromatic carbocycles. The van der Waals surface area contributed by atoms with Gasteiger partial charge in [-0.25, -0.2) is 4.79 Å². The molecule has 13 nitrogen and oxygen atoms in total. The first-order chi connectivity index (χ1) is 18.5. The molecule has 0 aliphatic heterocycles. The maximum absolute atomic E-state index is 13.2. The van der Waals surface area contributed by atoms with Gasteiger partial charge in [0, 0.05) is 6.54 Å². The average molecular weight is 549 g/mol. The number of benzene rings is 1. The van der Waals surface area contributed by atoms with Crippen molar-refractivity contribution in [3.63, 3.8) is 0 Å². The third-order valence-electron chi connectivity index (χ3n) is 6.02. The Kier molecular flexibility index (Phi) is 15.2. The standard InChI is InChI=1S/C26H44N8O5/c1-16(2)21(34-22(35)18(28)15-17-9-4-3-5-10-17)24(37)32-19(12-8-14-31-26(29)30)23(36)33-20(25(38)39)11-6-7-13-27/h3-5,9-10,16,18-21H,6-8,11-15,27-28H2,1-2H3,(H,32,37)(H,33,36)(H,34,35)(H,38,39)(H4,29,30,31). The number of carboxylic acids is 1. The minimum absolute atomic E-state index is 0.111. The second kappa shape index (κ2) is 17.7. The lowest BCUT2D eigenvalue weighted by Crippen LogP contribution is -2.58. The van der Waals surface area contributed by atoms with Crippen LogP contribution in [0.5, 0.6) is 0 Å². The molecule has 0 aliphatic carbocycles. The summed E-state index contributed by atoms with van der Waals surface area (Å²) in [4.78, 5) is 54.7. The molecule has 12 N–H and O–H groups in total. The number of aliphatic imine (C=N–C) groups is 1. The lowest BCUT2D eigenvalue weighted by Gasteiger charge is -2.27. The van der Waals surface area contributed by atoms with Crippen LogP contribution in [0, 0.1) is 5.92 Å². The SMILES string of the molecule is CC(C)C(NC(=O)C(N)Cc1ccccc1)C(=O)NC(CCCN=C(N)N)C(=O)NC(CCCCN)C(=O)O. The van der Waals surface area contributed by atoms with E-state index in [1.165, 1.54) is 0 Å². The zero-order valence-electron chi connectivity index (χ0n) is 22.8. The number of aliphatic carboxylic acids is 1. The van der Waals surface area contributed by atoms with E-state index in [0.717, 1.165) is 5.56 Å². The number of hydrogen-bond acceptors (Lipinski definition) is 7. The fourth-order valence-electron chi connectivity index (χ4n) is 3.81. The number of nitrogens with two attached hydrogens (primary N) is 4. The van der Waals surface area contributed by atoms with Crippen LogP contribution in [-0.2, 0) is 25.6 Å². The Morgan fingerprint density at radius 2 is 1.49 bits per heavy atom. The van der Waals surface area contributed by atoms with Crippen molar-refractivity contribution < 1.29 is 24.3 Å². The van der Waals surface area contributed by atoms with Crippen LogP contribution < -0.4 is 38.9 Å². The highest BCUT2D eigenvalue weighted by molar-refractivity contribution is 5.94. The predicted molar refractivity (Wildman–Crippen MR) is 149 cm³/mol. The average Bonchev–Trinajstić information content (AvgIpc) is 2.88. The van der Waals surface area contributed by atoms with Gasteiger partial charge in [0.25, 0.3) is 0 Å². The van der Waals surface area contributed by atoms with E-state index in [9.17, 15) is 24.3 Å². The first-order valence-electron chi connectivity index (χ1n) is 13.1. The minimum atomic E-state index is -1.19. The highest BCUT2D eigenvalue weighted by Gasteiger charge is 2.31. The summed E-state index contributed by atoms with van der Waals surface area (Å²) in [5, 5.41) is 17.4. The van der Waals surface area contributed by atoms with Gasteiger partial charge in [-0.2, -0.15) is 0 Å². The van der Waals surface area contributed by atoms with E-state index in [4.69, 9.17) is 22.9 Å². The monoisotopic (exact) mass is 548 g/mol. The number of unbranched alkanes of at least 4 members (excludes halogenated alkanes) is 1. The van der Waals surface area contributed by atoms with E-state index < -0.39 is 47.9 Å². The Morgan fingerprint density at radius 3 is 2.05 bits per heavy atom. The van der Waals surface area contributed by atoms with E-state index in [0.29, 0.717) is 25.8 Å². The summed E-state index contributed by atoms with van der Waals surface area (Å²) < 4.78 is 0. The van der Waals surface area contributed by atoms with Crippen LogP contribution in [0.25, 0.3) is 0 Å². The van der Waals surface area contributed by atoms with Crippen molar-refractivity contribution in [1.82, 2.24) is 16.0 Å². The van der Waals surface area contributed by atoms with E-state index in [2.05, 4.69) is 20.9 Å². The van der Waals surface area contributed by atoms with Crippen molar-refractivity contribution in [3.05, 3.63) is 35.9 Å². The van der Waals surface area contributed by atoms with Gasteiger partial charge in [0.05, 0.1) is 6.04 Å². The van der Waals surface area contributed by atoms with Crippen LogP contribution >= 0.6 is 0 Å². The Balaban J connectivity index is 2.96. The third-order valence-corrected chi connectivity index (χ3v) is 6.02. The fourth-order valence-corrected chi connectivity index (χ4v) is 3.81. The largest absolute Gasteiger partial charge is 0.480 e. The topological polar surface area (TPSA) is 241 Å². The smallest absolute Gasteiger partial charge is 0.326 e. The summed E-state index contributed by atoms with van der Waals surface area (Å²) in [7, 11) is 0. The van der Waals surface area contributed by atoms with Crippen molar-refractivity contribution in [2.24, 2.45) is 33.8 Å². The normalized spacial score (nSPS) is 14.0. The minimum Gasteiger partial charge on any atom is -0.480 e. The number of carbonyl (C=O) groups excluding carboxylic acids is 3. The van der Waals surface area contributed by atoms with Crippen molar-refractivity contribution >= 4 is 29.7 Å². The second-order valence-corrected chi connectivity index (χ2v) is 9.72. The molecule has 4 unspecified atom stereocenters. The zero-order chi connectivity index (χ0) is 29.4. The second-order valence-electron chi connectivity index (χ2n) is 9.72. The predicted octanol–water partition coefficient (Wildman–Crippen LogP) is -1.07. The molecule has 0 fully saturated rings. The van der Waals surface area contributed by atoms with E-state index in [1.54, 1.807) is 13.8 Å². The van der Waals surface area contributed by atoms with E-state index in [-0.39, 0.29) is 37.7 Å². The molecular weight excluding hydrogens is 504 g/mol. The molecule has 0 radical (unpaired) electrons. The van der Waals surface area contributed by atoms with Crippen molar-refractivity contribution in [1.29, 1.82) is 0 Å².